The molecule has 0 saturated heterocycles. The molecule has 2 atom stereocenters. The number of rotatable bonds is 5. The summed E-state index contributed by atoms with van der Waals surface area (Å²) >= 11 is 0. The molecule has 1 fully saturated rings. The number of ether oxygens (including phenoxy) is 4. The molecular formula is C20H27NO7. The summed E-state index contributed by atoms with van der Waals surface area (Å²) in [6, 6.07) is 0. The first-order chi connectivity index (χ1) is 13.5. The summed E-state index contributed by atoms with van der Waals surface area (Å²) < 4.78 is 20.9. The molecule has 3 aliphatic rings. The highest BCUT2D eigenvalue weighted by Gasteiger charge is 2.47. The van der Waals surface area contributed by atoms with E-state index in [-0.39, 0.29) is 23.1 Å². The number of carbonyl (C=O) groups is 3. The van der Waals surface area contributed by atoms with Crippen LogP contribution >= 0.6 is 0 Å². The predicted octanol–water partition coefficient (Wildman–Crippen LogP) is 1.95. The van der Waals surface area contributed by atoms with Crippen molar-refractivity contribution in [3.8, 4) is 0 Å². The van der Waals surface area contributed by atoms with Crippen molar-refractivity contribution in [1.29, 1.82) is 0 Å². The van der Waals surface area contributed by atoms with Crippen LogP contribution in [0.2, 0.25) is 0 Å². The van der Waals surface area contributed by atoms with Crippen LogP contribution in [0.25, 0.3) is 0 Å². The first kappa shape index (κ1) is 20.2. The van der Waals surface area contributed by atoms with E-state index in [9.17, 15) is 14.4 Å². The molecule has 0 spiro atoms. The number of methoxy groups -OCH3 is 2. The molecule has 154 valence electrons. The SMILES string of the molecule is COC(=O)C1=C(NCC2CCCCC2)OC2=C(C(=O)OC(C)C2)C1C(=O)OC. The average Bonchev–Trinajstić information content (AvgIpc) is 2.70. The molecule has 28 heavy (non-hydrogen) atoms. The van der Waals surface area contributed by atoms with Crippen LogP contribution in [0.1, 0.15) is 45.4 Å². The zero-order valence-electron chi connectivity index (χ0n) is 16.5. The summed E-state index contributed by atoms with van der Waals surface area (Å²) in [5.74, 6) is -2.46. The van der Waals surface area contributed by atoms with Crippen molar-refractivity contribution < 1.29 is 33.3 Å². The van der Waals surface area contributed by atoms with E-state index in [1.807, 2.05) is 0 Å². The Morgan fingerprint density at radius 3 is 2.50 bits per heavy atom. The van der Waals surface area contributed by atoms with E-state index in [1.54, 1.807) is 6.92 Å². The first-order valence-corrected chi connectivity index (χ1v) is 9.72. The molecule has 1 aliphatic carbocycles. The van der Waals surface area contributed by atoms with Crippen LogP contribution in [-0.2, 0) is 33.3 Å². The molecule has 2 heterocycles. The van der Waals surface area contributed by atoms with Gasteiger partial charge in [-0.3, -0.25) is 4.79 Å². The van der Waals surface area contributed by atoms with Crippen molar-refractivity contribution in [2.45, 2.75) is 51.6 Å². The highest BCUT2D eigenvalue weighted by Crippen LogP contribution is 2.39. The van der Waals surface area contributed by atoms with Gasteiger partial charge in [0.15, 0.2) is 0 Å². The maximum Gasteiger partial charge on any atom is 0.340 e. The second-order valence-electron chi connectivity index (χ2n) is 7.43. The summed E-state index contributed by atoms with van der Waals surface area (Å²) in [4.78, 5) is 37.5. The minimum absolute atomic E-state index is 0.00793. The summed E-state index contributed by atoms with van der Waals surface area (Å²) in [6.45, 7) is 2.36. The maximum absolute atomic E-state index is 12.5. The van der Waals surface area contributed by atoms with Crippen molar-refractivity contribution in [3.63, 3.8) is 0 Å². The van der Waals surface area contributed by atoms with Gasteiger partial charge in [0.25, 0.3) is 0 Å². The lowest BCUT2D eigenvalue weighted by atomic mass is 9.85. The van der Waals surface area contributed by atoms with E-state index in [4.69, 9.17) is 18.9 Å². The predicted molar refractivity (Wildman–Crippen MR) is 97.4 cm³/mol. The fraction of sp³-hybridized carbons (Fsp3) is 0.650. The van der Waals surface area contributed by atoms with Crippen LogP contribution in [0.5, 0.6) is 0 Å². The lowest BCUT2D eigenvalue weighted by molar-refractivity contribution is -0.153. The molecule has 2 unspecified atom stereocenters. The summed E-state index contributed by atoms with van der Waals surface area (Å²) in [7, 11) is 2.42. The highest BCUT2D eigenvalue weighted by atomic mass is 16.6. The maximum atomic E-state index is 12.5. The summed E-state index contributed by atoms with van der Waals surface area (Å²) in [5, 5.41) is 3.19. The topological polar surface area (TPSA) is 100 Å². The molecule has 0 bridgehead atoms. The smallest absolute Gasteiger partial charge is 0.340 e. The van der Waals surface area contributed by atoms with Crippen molar-refractivity contribution >= 4 is 17.9 Å². The third kappa shape index (κ3) is 4.00. The van der Waals surface area contributed by atoms with Crippen LogP contribution in [0, 0.1) is 11.8 Å². The number of esters is 3. The van der Waals surface area contributed by atoms with Gasteiger partial charge in [0.1, 0.15) is 23.4 Å². The normalized spacial score (nSPS) is 25.5. The van der Waals surface area contributed by atoms with Gasteiger partial charge >= 0.3 is 17.9 Å². The largest absolute Gasteiger partial charge is 0.468 e. The second-order valence-corrected chi connectivity index (χ2v) is 7.43. The fourth-order valence-corrected chi connectivity index (χ4v) is 4.04. The Bertz CT molecular complexity index is 718. The van der Waals surface area contributed by atoms with E-state index in [2.05, 4.69) is 5.32 Å². The van der Waals surface area contributed by atoms with Gasteiger partial charge in [-0.25, -0.2) is 9.59 Å². The number of carbonyl (C=O) groups excluding carboxylic acids is 3. The monoisotopic (exact) mass is 393 g/mol. The molecule has 1 N–H and O–H groups in total. The van der Waals surface area contributed by atoms with Gasteiger partial charge in [0.2, 0.25) is 5.88 Å². The van der Waals surface area contributed by atoms with Gasteiger partial charge in [-0.05, 0) is 25.7 Å². The van der Waals surface area contributed by atoms with Gasteiger partial charge in [0, 0.05) is 13.0 Å². The standard InChI is InChI=1S/C20H27NO7/c1-11-9-13-14(20(24)27-11)15(18(22)25-2)16(19(23)26-3)17(28-13)21-10-12-7-5-4-6-8-12/h11-12,15,21H,4-10H2,1-3H3. The van der Waals surface area contributed by atoms with Gasteiger partial charge in [-0.15, -0.1) is 0 Å². The average molecular weight is 393 g/mol. The minimum Gasteiger partial charge on any atom is -0.468 e. The van der Waals surface area contributed by atoms with Crippen molar-refractivity contribution in [3.05, 3.63) is 22.8 Å². The third-order valence-corrected chi connectivity index (χ3v) is 5.47. The molecular weight excluding hydrogens is 366 g/mol. The molecule has 8 heteroatoms. The van der Waals surface area contributed by atoms with Crippen molar-refractivity contribution in [2.75, 3.05) is 20.8 Å². The molecule has 3 rings (SSSR count). The number of hydrogen-bond acceptors (Lipinski definition) is 8. The highest BCUT2D eigenvalue weighted by molar-refractivity contribution is 6.05. The lowest BCUT2D eigenvalue weighted by Crippen LogP contribution is -2.41. The summed E-state index contributed by atoms with van der Waals surface area (Å²) in [5.41, 5.74) is -0.0519. The molecule has 1 saturated carbocycles. The van der Waals surface area contributed by atoms with Crippen LogP contribution in [0.15, 0.2) is 22.8 Å². The number of cyclic esters (lactones) is 1. The van der Waals surface area contributed by atoms with Crippen LogP contribution < -0.4 is 5.32 Å². The van der Waals surface area contributed by atoms with E-state index >= 15 is 0 Å². The first-order valence-electron chi connectivity index (χ1n) is 9.72. The van der Waals surface area contributed by atoms with Gasteiger partial charge in [0.05, 0.1) is 19.8 Å². The van der Waals surface area contributed by atoms with Gasteiger partial charge in [-0.2, -0.15) is 0 Å². The number of hydrogen-bond donors (Lipinski definition) is 1. The van der Waals surface area contributed by atoms with Crippen LogP contribution in [-0.4, -0.2) is 44.8 Å². The molecule has 0 radical (unpaired) electrons. The number of nitrogens with one attached hydrogen (secondary N) is 1. The Kier molecular flexibility index (Phi) is 6.26. The minimum atomic E-state index is -1.24. The van der Waals surface area contributed by atoms with Crippen LogP contribution in [0.3, 0.4) is 0 Å². The molecule has 0 aromatic rings. The van der Waals surface area contributed by atoms with E-state index in [0.717, 1.165) is 12.8 Å². The lowest BCUT2D eigenvalue weighted by Gasteiger charge is -2.34. The summed E-state index contributed by atoms with van der Waals surface area (Å²) in [6.07, 6.45) is 5.74. The molecule has 0 aromatic carbocycles. The quantitative estimate of drug-likeness (QED) is 0.559. The molecule has 8 nitrogen and oxygen atoms in total. The van der Waals surface area contributed by atoms with E-state index < -0.39 is 23.8 Å². The molecule has 0 aromatic heterocycles. The molecule has 0 amide bonds. The Labute approximate surface area is 164 Å². The van der Waals surface area contributed by atoms with Crippen LogP contribution in [0.4, 0.5) is 0 Å². The fourth-order valence-electron chi connectivity index (χ4n) is 4.04. The Morgan fingerprint density at radius 2 is 1.86 bits per heavy atom. The Balaban J connectivity index is 1.96. The Morgan fingerprint density at radius 1 is 1.14 bits per heavy atom. The van der Waals surface area contributed by atoms with Gasteiger partial charge < -0.3 is 24.3 Å². The zero-order valence-corrected chi connectivity index (χ0v) is 16.5. The van der Waals surface area contributed by atoms with Crippen molar-refractivity contribution in [1.82, 2.24) is 5.32 Å². The van der Waals surface area contributed by atoms with E-state index in [0.29, 0.717) is 24.6 Å². The third-order valence-electron chi connectivity index (χ3n) is 5.47. The van der Waals surface area contributed by atoms with E-state index in [1.165, 1.54) is 33.5 Å². The zero-order chi connectivity index (χ0) is 20.3. The second kappa shape index (κ2) is 8.67. The van der Waals surface area contributed by atoms with Crippen molar-refractivity contribution in [2.24, 2.45) is 11.8 Å². The molecule has 2 aliphatic heterocycles. The Hall–Kier alpha value is -2.51. The van der Waals surface area contributed by atoms with Gasteiger partial charge in [-0.1, -0.05) is 19.3 Å².